The Labute approximate surface area is 135 Å². The molecule has 1 N–H and O–H groups in total. The van der Waals surface area contributed by atoms with E-state index in [1.165, 1.54) is 0 Å². The van der Waals surface area contributed by atoms with Gasteiger partial charge in [0.25, 0.3) is 0 Å². The second-order valence-corrected chi connectivity index (χ2v) is 5.68. The number of aromatic nitrogens is 2. The minimum atomic E-state index is -0.185. The third-order valence-electron chi connectivity index (χ3n) is 4.07. The Hall–Kier alpha value is -2.34. The van der Waals surface area contributed by atoms with Crippen LogP contribution in [0.1, 0.15) is 23.9 Å². The van der Waals surface area contributed by atoms with Crippen LogP contribution < -0.4 is 10.1 Å². The Morgan fingerprint density at radius 1 is 1.43 bits per heavy atom. The minimum absolute atomic E-state index is 0.00937. The van der Waals surface area contributed by atoms with Gasteiger partial charge in [0, 0.05) is 26.0 Å². The fourth-order valence-electron chi connectivity index (χ4n) is 2.83. The van der Waals surface area contributed by atoms with Crippen molar-refractivity contribution in [1.82, 2.24) is 14.9 Å². The van der Waals surface area contributed by atoms with E-state index < -0.39 is 0 Å². The first kappa shape index (κ1) is 15.6. The summed E-state index contributed by atoms with van der Waals surface area (Å²) in [5, 5.41) is 3.07. The number of carbonyl (C=O) groups is 1. The molecule has 1 aromatic carbocycles. The molecule has 1 aliphatic rings. The molecule has 2 aromatic rings. The van der Waals surface area contributed by atoms with Crippen molar-refractivity contribution in [2.24, 2.45) is 7.05 Å². The molecule has 1 aliphatic heterocycles. The predicted octanol–water partition coefficient (Wildman–Crippen LogP) is 1.62. The predicted molar refractivity (Wildman–Crippen MR) is 85.1 cm³/mol. The van der Waals surface area contributed by atoms with Gasteiger partial charge in [-0.3, -0.25) is 4.79 Å². The lowest BCUT2D eigenvalue weighted by Gasteiger charge is -2.19. The maximum atomic E-state index is 12.3. The zero-order chi connectivity index (χ0) is 16.2. The third-order valence-corrected chi connectivity index (χ3v) is 4.07. The van der Waals surface area contributed by atoms with Gasteiger partial charge >= 0.3 is 0 Å². The number of methoxy groups -OCH3 is 1. The van der Waals surface area contributed by atoms with Crippen molar-refractivity contribution in [3.63, 3.8) is 0 Å². The first-order valence-corrected chi connectivity index (χ1v) is 7.68. The van der Waals surface area contributed by atoms with Crippen molar-refractivity contribution >= 4 is 5.91 Å². The molecule has 6 nitrogen and oxygen atoms in total. The Kier molecular flexibility index (Phi) is 4.62. The number of rotatable bonds is 5. The molecule has 23 heavy (non-hydrogen) atoms. The van der Waals surface area contributed by atoms with Crippen molar-refractivity contribution in [3.8, 4) is 5.75 Å². The summed E-state index contributed by atoms with van der Waals surface area (Å²) in [5.74, 6) is 1.62. The van der Waals surface area contributed by atoms with E-state index in [1.807, 2.05) is 42.1 Å². The van der Waals surface area contributed by atoms with Crippen LogP contribution in [0.15, 0.2) is 36.7 Å². The Morgan fingerprint density at radius 2 is 2.22 bits per heavy atom. The molecule has 0 spiro atoms. The van der Waals surface area contributed by atoms with E-state index in [2.05, 4.69) is 10.3 Å². The van der Waals surface area contributed by atoms with Gasteiger partial charge in [-0.05, 0) is 24.1 Å². The number of benzene rings is 1. The topological polar surface area (TPSA) is 65.4 Å². The van der Waals surface area contributed by atoms with Gasteiger partial charge in [0.15, 0.2) is 0 Å². The van der Waals surface area contributed by atoms with Gasteiger partial charge in [0.05, 0.1) is 19.6 Å². The molecule has 1 saturated heterocycles. The van der Waals surface area contributed by atoms with Gasteiger partial charge in [-0.2, -0.15) is 0 Å². The monoisotopic (exact) mass is 315 g/mol. The molecule has 1 fully saturated rings. The normalized spacial score (nSPS) is 20.4. The summed E-state index contributed by atoms with van der Waals surface area (Å²) < 4.78 is 12.8. The zero-order valence-corrected chi connectivity index (χ0v) is 13.4. The van der Waals surface area contributed by atoms with E-state index in [1.54, 1.807) is 13.3 Å². The number of hydrogen-bond acceptors (Lipinski definition) is 4. The molecule has 1 aromatic heterocycles. The van der Waals surface area contributed by atoms with Crippen LogP contribution in [-0.4, -0.2) is 35.2 Å². The zero-order valence-electron chi connectivity index (χ0n) is 13.4. The molecule has 0 radical (unpaired) electrons. The summed E-state index contributed by atoms with van der Waals surface area (Å²) in [6.45, 7) is 0.630. The van der Waals surface area contributed by atoms with Gasteiger partial charge in [-0.15, -0.1) is 0 Å². The van der Waals surface area contributed by atoms with Gasteiger partial charge in [0.1, 0.15) is 17.7 Å². The van der Waals surface area contributed by atoms with E-state index >= 15 is 0 Å². The molecule has 3 rings (SSSR count). The number of ether oxygens (including phenoxy) is 2. The average molecular weight is 315 g/mol. The largest absolute Gasteiger partial charge is 0.497 e. The molecular weight excluding hydrogens is 294 g/mol. The fourth-order valence-corrected chi connectivity index (χ4v) is 2.83. The SMILES string of the molecule is COc1ccc(CC(=O)N[C@H]2CCO[C@@H]2c2nccn2C)cc1. The highest BCUT2D eigenvalue weighted by Crippen LogP contribution is 2.27. The number of amides is 1. The van der Waals surface area contributed by atoms with Crippen molar-refractivity contribution in [2.75, 3.05) is 13.7 Å². The van der Waals surface area contributed by atoms with Gasteiger partial charge in [-0.25, -0.2) is 4.98 Å². The number of carbonyl (C=O) groups excluding carboxylic acids is 1. The van der Waals surface area contributed by atoms with Crippen molar-refractivity contribution in [3.05, 3.63) is 48.0 Å². The lowest BCUT2D eigenvalue weighted by Crippen LogP contribution is -2.38. The van der Waals surface area contributed by atoms with Crippen molar-refractivity contribution in [1.29, 1.82) is 0 Å². The van der Waals surface area contributed by atoms with Gasteiger partial charge < -0.3 is 19.4 Å². The van der Waals surface area contributed by atoms with E-state index in [-0.39, 0.29) is 18.1 Å². The second-order valence-electron chi connectivity index (χ2n) is 5.68. The maximum absolute atomic E-state index is 12.3. The van der Waals surface area contributed by atoms with Crippen LogP contribution in [0.5, 0.6) is 5.75 Å². The molecule has 122 valence electrons. The Morgan fingerprint density at radius 3 is 2.87 bits per heavy atom. The van der Waals surface area contributed by atoms with Crippen LogP contribution >= 0.6 is 0 Å². The number of aryl methyl sites for hydroxylation is 1. The highest BCUT2D eigenvalue weighted by Gasteiger charge is 2.33. The number of nitrogens with zero attached hydrogens (tertiary/aromatic N) is 2. The lowest BCUT2D eigenvalue weighted by atomic mass is 10.1. The third kappa shape index (κ3) is 3.53. The molecule has 2 heterocycles. The van der Waals surface area contributed by atoms with Crippen LogP contribution in [-0.2, 0) is 23.0 Å². The summed E-state index contributed by atoms with van der Waals surface area (Å²) in [6, 6.07) is 7.48. The summed E-state index contributed by atoms with van der Waals surface area (Å²) in [5.41, 5.74) is 0.954. The van der Waals surface area contributed by atoms with Crippen LogP contribution in [0.25, 0.3) is 0 Å². The number of hydrogen-bond donors (Lipinski definition) is 1. The van der Waals surface area contributed by atoms with Gasteiger partial charge in [-0.1, -0.05) is 12.1 Å². The lowest BCUT2D eigenvalue weighted by molar-refractivity contribution is -0.121. The molecule has 0 bridgehead atoms. The first-order valence-electron chi connectivity index (χ1n) is 7.68. The average Bonchev–Trinajstić information content (AvgIpc) is 3.16. The quantitative estimate of drug-likeness (QED) is 0.910. The smallest absolute Gasteiger partial charge is 0.224 e. The maximum Gasteiger partial charge on any atom is 0.224 e. The first-order chi connectivity index (χ1) is 11.2. The molecule has 0 unspecified atom stereocenters. The molecule has 0 saturated carbocycles. The van der Waals surface area contributed by atoms with Crippen LogP contribution in [0.2, 0.25) is 0 Å². The summed E-state index contributed by atoms with van der Waals surface area (Å²) in [7, 11) is 3.56. The van der Waals surface area contributed by atoms with E-state index in [4.69, 9.17) is 9.47 Å². The highest BCUT2D eigenvalue weighted by atomic mass is 16.5. The highest BCUT2D eigenvalue weighted by molar-refractivity contribution is 5.79. The number of nitrogens with one attached hydrogen (secondary N) is 1. The molecule has 0 aliphatic carbocycles. The van der Waals surface area contributed by atoms with E-state index in [9.17, 15) is 4.79 Å². The summed E-state index contributed by atoms with van der Waals surface area (Å²) in [6.07, 6.45) is 4.58. The van der Waals surface area contributed by atoms with Crippen LogP contribution in [0.4, 0.5) is 0 Å². The molecule has 1 amide bonds. The minimum Gasteiger partial charge on any atom is -0.497 e. The number of imidazole rings is 1. The molecule has 6 heteroatoms. The standard InChI is InChI=1S/C17H21N3O3/c1-20-9-8-18-17(20)16-14(7-10-23-16)19-15(21)11-12-3-5-13(22-2)6-4-12/h3-6,8-9,14,16H,7,10-11H2,1-2H3,(H,19,21)/t14-,16-/m0/s1. The summed E-state index contributed by atoms with van der Waals surface area (Å²) >= 11 is 0. The molecular formula is C17H21N3O3. The van der Waals surface area contributed by atoms with Crippen molar-refractivity contribution < 1.29 is 14.3 Å². The Bertz CT molecular complexity index is 666. The van der Waals surface area contributed by atoms with Crippen molar-refractivity contribution in [2.45, 2.75) is 25.0 Å². The van der Waals surface area contributed by atoms with Crippen LogP contribution in [0, 0.1) is 0 Å². The van der Waals surface area contributed by atoms with E-state index in [0.717, 1.165) is 23.6 Å². The van der Waals surface area contributed by atoms with E-state index in [0.29, 0.717) is 13.0 Å². The summed E-state index contributed by atoms with van der Waals surface area (Å²) in [4.78, 5) is 16.6. The second kappa shape index (κ2) is 6.83. The molecule has 2 atom stereocenters. The fraction of sp³-hybridized carbons (Fsp3) is 0.412. The van der Waals surface area contributed by atoms with Crippen LogP contribution in [0.3, 0.4) is 0 Å². The Balaban J connectivity index is 1.61. The van der Waals surface area contributed by atoms with Gasteiger partial charge in [0.2, 0.25) is 5.91 Å².